The molecule has 1 amide bonds. The number of benzene rings is 1. The highest BCUT2D eigenvalue weighted by Crippen LogP contribution is 2.36. The van der Waals surface area contributed by atoms with Crippen molar-refractivity contribution in [2.45, 2.75) is 63.5 Å². The standard InChI is InChI=1S/C31H40ClN7O2/c1-33-27-7-6-25(16-26(27)32)41-24-4-2-23(3-5-24)37-30(40)28-17-36-29(18-35-28)39-12-8-22(9-13-39)19-38-14-10-31(11-15-38)20-34-21-31/h6-7,16-18,22-24,34H,2-5,8-15,19-21H2,(H,37,40). The number of ether oxygens (including phenoxy) is 1. The SMILES string of the molecule is [C-]#[N+]c1ccc(OC2CCC(NC(=O)c3cnc(N4CCC(CN5CCC6(CC5)CNC6)CC4)cn3)CC2)cc1Cl. The summed E-state index contributed by atoms with van der Waals surface area (Å²) in [5, 5.41) is 6.99. The molecular formula is C31H40ClN7O2. The number of hydrogen-bond donors (Lipinski definition) is 2. The van der Waals surface area contributed by atoms with Gasteiger partial charge in [0.25, 0.3) is 5.91 Å². The quantitative estimate of drug-likeness (QED) is 0.461. The number of nitrogens with one attached hydrogen (secondary N) is 2. The van der Waals surface area contributed by atoms with Crippen LogP contribution in [0.15, 0.2) is 30.6 Å². The van der Waals surface area contributed by atoms with Crippen LogP contribution in [0.5, 0.6) is 5.75 Å². The Morgan fingerprint density at radius 2 is 1.83 bits per heavy atom. The van der Waals surface area contributed by atoms with E-state index < -0.39 is 0 Å². The fourth-order valence-corrected chi connectivity index (χ4v) is 6.99. The van der Waals surface area contributed by atoms with Gasteiger partial charge in [0, 0.05) is 38.8 Å². The smallest absolute Gasteiger partial charge is 0.271 e. The lowest BCUT2D eigenvalue weighted by Crippen LogP contribution is -2.58. The van der Waals surface area contributed by atoms with Crippen LogP contribution in [-0.4, -0.2) is 78.7 Å². The van der Waals surface area contributed by atoms with Gasteiger partial charge in [0.05, 0.1) is 30.1 Å². The molecule has 1 aliphatic carbocycles. The maximum absolute atomic E-state index is 12.9. The first-order chi connectivity index (χ1) is 20.0. The van der Waals surface area contributed by atoms with Crippen LogP contribution in [0.1, 0.15) is 61.9 Å². The molecule has 1 saturated carbocycles. The van der Waals surface area contributed by atoms with Gasteiger partial charge in [-0.2, -0.15) is 0 Å². The second kappa shape index (κ2) is 12.5. The topological polar surface area (TPSA) is 87.0 Å². The zero-order chi connectivity index (χ0) is 28.2. The van der Waals surface area contributed by atoms with E-state index in [9.17, 15) is 4.79 Å². The van der Waals surface area contributed by atoms with Crippen LogP contribution in [0.3, 0.4) is 0 Å². The van der Waals surface area contributed by atoms with Crippen molar-refractivity contribution in [1.29, 1.82) is 0 Å². The van der Waals surface area contributed by atoms with Gasteiger partial charge in [0.15, 0.2) is 0 Å². The highest BCUT2D eigenvalue weighted by atomic mass is 35.5. The van der Waals surface area contributed by atoms with Gasteiger partial charge in [-0.05, 0) is 87.9 Å². The van der Waals surface area contributed by atoms with Crippen molar-refractivity contribution in [2.24, 2.45) is 11.3 Å². The Labute approximate surface area is 247 Å². The average Bonchev–Trinajstić information content (AvgIpc) is 2.98. The molecular weight excluding hydrogens is 538 g/mol. The molecule has 3 aliphatic heterocycles. The summed E-state index contributed by atoms with van der Waals surface area (Å²) in [5.74, 6) is 2.12. The molecule has 0 bridgehead atoms. The minimum Gasteiger partial charge on any atom is -0.490 e. The molecule has 1 spiro atoms. The van der Waals surface area contributed by atoms with Crippen LogP contribution in [-0.2, 0) is 0 Å². The van der Waals surface area contributed by atoms with Gasteiger partial charge in [-0.3, -0.25) is 4.79 Å². The van der Waals surface area contributed by atoms with Crippen molar-refractivity contribution in [3.63, 3.8) is 0 Å². The van der Waals surface area contributed by atoms with Gasteiger partial charge in [-0.15, -0.1) is 0 Å². The van der Waals surface area contributed by atoms with E-state index in [0.717, 1.165) is 50.5 Å². The fraction of sp³-hybridized carbons (Fsp3) is 0.613. The number of anilines is 1. The summed E-state index contributed by atoms with van der Waals surface area (Å²) in [4.78, 5) is 30.3. The van der Waals surface area contributed by atoms with E-state index in [2.05, 4.69) is 35.2 Å². The van der Waals surface area contributed by atoms with Crippen molar-refractivity contribution in [2.75, 3.05) is 50.7 Å². The Morgan fingerprint density at radius 3 is 2.44 bits per heavy atom. The number of rotatable bonds is 7. The predicted octanol–water partition coefficient (Wildman–Crippen LogP) is 4.70. The first-order valence-corrected chi connectivity index (χ1v) is 15.5. The summed E-state index contributed by atoms with van der Waals surface area (Å²) >= 11 is 6.13. The molecule has 41 heavy (non-hydrogen) atoms. The average molecular weight is 578 g/mol. The molecule has 1 aromatic carbocycles. The van der Waals surface area contributed by atoms with Crippen LogP contribution >= 0.6 is 11.6 Å². The predicted molar refractivity (Wildman–Crippen MR) is 160 cm³/mol. The van der Waals surface area contributed by atoms with Crippen molar-refractivity contribution in [1.82, 2.24) is 25.5 Å². The van der Waals surface area contributed by atoms with E-state index in [1.165, 1.54) is 58.4 Å². The number of halogens is 1. The molecule has 6 rings (SSSR count). The molecule has 218 valence electrons. The first kappa shape index (κ1) is 28.2. The zero-order valence-electron chi connectivity index (χ0n) is 23.7. The summed E-state index contributed by atoms with van der Waals surface area (Å²) in [6, 6.07) is 5.26. The lowest BCUT2D eigenvalue weighted by Gasteiger charge is -2.49. The van der Waals surface area contributed by atoms with Crippen LogP contribution in [0, 0.1) is 17.9 Å². The minimum absolute atomic E-state index is 0.0677. The lowest BCUT2D eigenvalue weighted by molar-refractivity contribution is 0.0463. The molecule has 2 aromatic rings. The largest absolute Gasteiger partial charge is 0.490 e. The van der Waals surface area contributed by atoms with Gasteiger partial charge in [0.2, 0.25) is 5.69 Å². The highest BCUT2D eigenvalue weighted by molar-refractivity contribution is 6.33. The number of aromatic nitrogens is 2. The lowest BCUT2D eigenvalue weighted by atomic mass is 9.73. The van der Waals surface area contributed by atoms with E-state index in [0.29, 0.717) is 27.6 Å². The third kappa shape index (κ3) is 6.77. The summed E-state index contributed by atoms with van der Waals surface area (Å²) < 4.78 is 6.07. The Kier molecular flexibility index (Phi) is 8.61. The maximum atomic E-state index is 12.9. The number of carbonyl (C=O) groups excluding carboxylic acids is 1. The third-order valence-electron chi connectivity index (χ3n) is 9.59. The Hall–Kier alpha value is -2.93. The molecule has 4 aliphatic rings. The highest BCUT2D eigenvalue weighted by Gasteiger charge is 2.40. The van der Waals surface area contributed by atoms with Crippen LogP contribution in [0.25, 0.3) is 4.85 Å². The van der Waals surface area contributed by atoms with Gasteiger partial charge in [0.1, 0.15) is 17.3 Å². The monoisotopic (exact) mass is 577 g/mol. The summed E-state index contributed by atoms with van der Waals surface area (Å²) in [6.45, 7) is 15.3. The number of piperidine rings is 2. The Bertz CT molecular complexity index is 1240. The van der Waals surface area contributed by atoms with Crippen LogP contribution in [0.4, 0.5) is 11.5 Å². The van der Waals surface area contributed by atoms with Crippen molar-refractivity contribution in [3.05, 3.63) is 52.7 Å². The molecule has 3 saturated heterocycles. The van der Waals surface area contributed by atoms with E-state index in [1.54, 1.807) is 30.6 Å². The molecule has 9 nitrogen and oxygen atoms in total. The Balaban J connectivity index is 0.910. The second-order valence-electron chi connectivity index (χ2n) is 12.4. The maximum Gasteiger partial charge on any atom is 0.271 e. The molecule has 0 radical (unpaired) electrons. The molecule has 2 N–H and O–H groups in total. The molecule has 0 unspecified atom stereocenters. The molecule has 4 fully saturated rings. The molecule has 10 heteroatoms. The van der Waals surface area contributed by atoms with Crippen molar-refractivity contribution < 1.29 is 9.53 Å². The van der Waals surface area contributed by atoms with Crippen molar-refractivity contribution in [3.8, 4) is 5.75 Å². The Morgan fingerprint density at radius 1 is 1.07 bits per heavy atom. The van der Waals surface area contributed by atoms with Gasteiger partial charge < -0.3 is 25.2 Å². The van der Waals surface area contributed by atoms with E-state index >= 15 is 0 Å². The second-order valence-corrected chi connectivity index (χ2v) is 12.8. The number of hydrogen-bond acceptors (Lipinski definition) is 7. The number of carbonyl (C=O) groups is 1. The molecule has 1 aromatic heterocycles. The van der Waals surface area contributed by atoms with Gasteiger partial charge >= 0.3 is 0 Å². The molecule has 0 atom stereocenters. The van der Waals surface area contributed by atoms with Crippen LogP contribution in [0.2, 0.25) is 5.02 Å². The number of nitrogens with zero attached hydrogens (tertiary/aromatic N) is 5. The minimum atomic E-state index is -0.172. The van der Waals surface area contributed by atoms with E-state index in [-0.39, 0.29) is 18.1 Å². The summed E-state index contributed by atoms with van der Waals surface area (Å²) in [6.07, 6.45) is 11.8. The summed E-state index contributed by atoms with van der Waals surface area (Å²) in [5.41, 5.74) is 1.40. The van der Waals surface area contributed by atoms with Crippen LogP contribution < -0.4 is 20.3 Å². The number of likely N-dealkylation sites (tertiary alicyclic amines) is 1. The first-order valence-electron chi connectivity index (χ1n) is 15.1. The normalized spacial score (nSPS) is 24.8. The summed E-state index contributed by atoms with van der Waals surface area (Å²) in [7, 11) is 0. The fourth-order valence-electron chi connectivity index (χ4n) is 6.78. The van der Waals surface area contributed by atoms with E-state index in [4.69, 9.17) is 22.9 Å². The molecule has 4 heterocycles. The zero-order valence-corrected chi connectivity index (χ0v) is 24.4. The van der Waals surface area contributed by atoms with Gasteiger partial charge in [-0.25, -0.2) is 14.8 Å². The number of amides is 1. The van der Waals surface area contributed by atoms with Gasteiger partial charge in [-0.1, -0.05) is 17.7 Å². The third-order valence-corrected chi connectivity index (χ3v) is 9.90. The van der Waals surface area contributed by atoms with E-state index in [1.807, 2.05) is 0 Å². The van der Waals surface area contributed by atoms with Crippen molar-refractivity contribution >= 4 is 29.0 Å².